The van der Waals surface area contributed by atoms with Gasteiger partial charge in [-0.3, -0.25) is 4.79 Å². The molecule has 5 aromatic rings. The molecule has 2 heterocycles. The normalized spacial score (nSPS) is 11.6. The van der Waals surface area contributed by atoms with E-state index in [-0.39, 0.29) is 5.56 Å². The summed E-state index contributed by atoms with van der Waals surface area (Å²) in [6.45, 7) is 2.01. The van der Waals surface area contributed by atoms with Gasteiger partial charge in [0.15, 0.2) is 0 Å². The fraction of sp³-hybridized carbons (Fsp3) is 0.0400. The van der Waals surface area contributed by atoms with Crippen molar-refractivity contribution in [3.05, 3.63) is 106 Å². The van der Waals surface area contributed by atoms with Crippen LogP contribution < -0.4 is 5.56 Å². The van der Waals surface area contributed by atoms with Crippen molar-refractivity contribution in [3.63, 3.8) is 0 Å². The molecule has 29 heavy (non-hydrogen) atoms. The van der Waals surface area contributed by atoms with Gasteiger partial charge >= 0.3 is 0 Å². The number of aryl methyl sites for hydroxylation is 1. The largest absolute Gasteiger partial charge is 0.361 e. The van der Waals surface area contributed by atoms with Gasteiger partial charge in [-0.1, -0.05) is 54.6 Å². The second-order valence-corrected chi connectivity index (χ2v) is 7.11. The molecular weight excluding hydrogens is 358 g/mol. The fourth-order valence-electron chi connectivity index (χ4n) is 3.67. The number of aromatic nitrogens is 3. The molecular formula is C25H19N3O. The van der Waals surface area contributed by atoms with Gasteiger partial charge in [-0.25, -0.2) is 0 Å². The first-order valence-corrected chi connectivity index (χ1v) is 9.54. The Bertz CT molecular complexity index is 1440. The van der Waals surface area contributed by atoms with Crippen molar-refractivity contribution in [2.75, 3.05) is 0 Å². The third-order valence-electron chi connectivity index (χ3n) is 5.12. The molecule has 0 unspecified atom stereocenters. The molecule has 0 fully saturated rings. The average Bonchev–Trinajstić information content (AvgIpc) is 3.16. The Labute approximate surface area is 167 Å². The Morgan fingerprint density at radius 1 is 0.897 bits per heavy atom. The molecule has 5 rings (SSSR count). The molecule has 1 N–H and O–H groups in total. The minimum Gasteiger partial charge on any atom is -0.361 e. The van der Waals surface area contributed by atoms with E-state index in [0.29, 0.717) is 5.56 Å². The number of H-pyrrole nitrogens is 1. The predicted molar refractivity (Wildman–Crippen MR) is 119 cm³/mol. The molecule has 0 saturated carbocycles. The van der Waals surface area contributed by atoms with Gasteiger partial charge in [-0.05, 0) is 48.4 Å². The zero-order valence-electron chi connectivity index (χ0n) is 16.0. The molecule has 0 radical (unpaired) electrons. The van der Waals surface area contributed by atoms with Gasteiger partial charge in [-0.15, -0.1) is 0 Å². The maximum Gasteiger partial charge on any atom is 0.279 e. The van der Waals surface area contributed by atoms with Crippen LogP contribution in [0.5, 0.6) is 0 Å². The van der Waals surface area contributed by atoms with Gasteiger partial charge in [-0.2, -0.15) is 9.78 Å². The van der Waals surface area contributed by atoms with E-state index in [1.807, 2.05) is 92.0 Å². The van der Waals surface area contributed by atoms with Gasteiger partial charge < -0.3 is 4.98 Å². The zero-order chi connectivity index (χ0) is 19.8. The lowest BCUT2D eigenvalue weighted by Gasteiger charge is -2.09. The van der Waals surface area contributed by atoms with Crippen molar-refractivity contribution in [3.8, 4) is 5.69 Å². The summed E-state index contributed by atoms with van der Waals surface area (Å²) in [7, 11) is 0. The van der Waals surface area contributed by atoms with Gasteiger partial charge in [0.2, 0.25) is 0 Å². The number of nitrogens with one attached hydrogen (secondary N) is 1. The molecule has 4 heteroatoms. The van der Waals surface area contributed by atoms with Crippen molar-refractivity contribution in [1.29, 1.82) is 0 Å². The maximum absolute atomic E-state index is 13.4. The van der Waals surface area contributed by atoms with Crippen LogP contribution in [-0.2, 0) is 0 Å². The number of aromatic amines is 1. The number of hydrogen-bond donors (Lipinski definition) is 1. The molecule has 0 aliphatic carbocycles. The SMILES string of the molecule is Cc1cccc(-n2nc3ccccc3c(C=Cc3c[nH]c4ccccc34)c2=O)c1. The molecule has 0 saturated heterocycles. The fourth-order valence-corrected chi connectivity index (χ4v) is 3.67. The number of para-hydroxylation sites is 1. The first-order chi connectivity index (χ1) is 14.2. The van der Waals surface area contributed by atoms with Crippen LogP contribution in [0.4, 0.5) is 0 Å². The number of benzene rings is 3. The quantitative estimate of drug-likeness (QED) is 0.461. The third-order valence-corrected chi connectivity index (χ3v) is 5.12. The van der Waals surface area contributed by atoms with Crippen molar-refractivity contribution in [2.45, 2.75) is 6.92 Å². The van der Waals surface area contributed by atoms with Gasteiger partial charge in [0.25, 0.3) is 5.56 Å². The number of rotatable bonds is 3. The van der Waals surface area contributed by atoms with Crippen LogP contribution in [0.25, 0.3) is 39.6 Å². The lowest BCUT2D eigenvalue weighted by atomic mass is 10.1. The van der Waals surface area contributed by atoms with E-state index in [2.05, 4.69) is 16.1 Å². The van der Waals surface area contributed by atoms with Crippen LogP contribution in [0.15, 0.2) is 83.8 Å². The highest BCUT2D eigenvalue weighted by Gasteiger charge is 2.11. The Morgan fingerprint density at radius 3 is 2.55 bits per heavy atom. The van der Waals surface area contributed by atoms with E-state index in [9.17, 15) is 4.79 Å². The van der Waals surface area contributed by atoms with Crippen LogP contribution in [0.1, 0.15) is 16.7 Å². The van der Waals surface area contributed by atoms with Crippen LogP contribution in [0.3, 0.4) is 0 Å². The van der Waals surface area contributed by atoms with E-state index in [1.54, 1.807) is 0 Å². The summed E-state index contributed by atoms with van der Waals surface area (Å²) in [5, 5.41) is 6.58. The first-order valence-electron chi connectivity index (χ1n) is 9.54. The van der Waals surface area contributed by atoms with Gasteiger partial charge in [0, 0.05) is 22.5 Å². The first kappa shape index (κ1) is 17.2. The summed E-state index contributed by atoms with van der Waals surface area (Å²) in [5.74, 6) is 0. The van der Waals surface area contributed by atoms with Crippen LogP contribution in [0, 0.1) is 6.92 Å². The predicted octanol–water partition coefficient (Wildman–Crippen LogP) is 5.35. The number of fused-ring (bicyclic) bond motifs is 2. The highest BCUT2D eigenvalue weighted by molar-refractivity contribution is 5.95. The maximum atomic E-state index is 13.4. The molecule has 0 spiro atoms. The van der Waals surface area contributed by atoms with E-state index < -0.39 is 0 Å². The summed E-state index contributed by atoms with van der Waals surface area (Å²) < 4.78 is 1.49. The Hall–Kier alpha value is -3.92. The smallest absolute Gasteiger partial charge is 0.279 e. The molecule has 3 aromatic carbocycles. The van der Waals surface area contributed by atoms with Crippen LogP contribution in [0.2, 0.25) is 0 Å². The molecule has 0 atom stereocenters. The highest BCUT2D eigenvalue weighted by atomic mass is 16.1. The highest BCUT2D eigenvalue weighted by Crippen LogP contribution is 2.22. The van der Waals surface area contributed by atoms with Crippen molar-refractivity contribution < 1.29 is 0 Å². The summed E-state index contributed by atoms with van der Waals surface area (Å²) in [6.07, 6.45) is 5.85. The Balaban J connectivity index is 1.72. The molecule has 0 aliphatic heterocycles. The molecule has 2 aromatic heterocycles. The summed E-state index contributed by atoms with van der Waals surface area (Å²) in [6, 6.07) is 23.7. The monoisotopic (exact) mass is 377 g/mol. The van der Waals surface area contributed by atoms with E-state index in [1.165, 1.54) is 4.68 Å². The van der Waals surface area contributed by atoms with Gasteiger partial charge in [0.1, 0.15) is 0 Å². The topological polar surface area (TPSA) is 50.7 Å². The summed E-state index contributed by atoms with van der Waals surface area (Å²) in [4.78, 5) is 16.6. The van der Waals surface area contributed by atoms with Crippen LogP contribution in [-0.4, -0.2) is 14.8 Å². The molecule has 0 aliphatic rings. The minimum atomic E-state index is -0.134. The second-order valence-electron chi connectivity index (χ2n) is 7.11. The number of nitrogens with zero attached hydrogens (tertiary/aromatic N) is 2. The molecule has 140 valence electrons. The van der Waals surface area contributed by atoms with E-state index in [4.69, 9.17) is 0 Å². The standard InChI is InChI=1S/C25H19N3O/c1-17-7-6-8-19(15-17)28-25(29)22(21-10-3-5-12-24(21)27-28)14-13-18-16-26-23-11-4-2-9-20(18)23/h2-16,26H,1H3. The Kier molecular flexibility index (Phi) is 4.10. The van der Waals surface area contributed by atoms with Gasteiger partial charge in [0.05, 0.1) is 16.8 Å². The molecule has 0 amide bonds. The minimum absolute atomic E-state index is 0.134. The number of hydrogen-bond acceptors (Lipinski definition) is 2. The Morgan fingerprint density at radius 2 is 1.69 bits per heavy atom. The second kappa shape index (κ2) is 6.91. The zero-order valence-corrected chi connectivity index (χ0v) is 16.0. The molecule has 4 nitrogen and oxygen atoms in total. The third kappa shape index (κ3) is 3.05. The average molecular weight is 377 g/mol. The summed E-state index contributed by atoms with van der Waals surface area (Å²) in [5.41, 5.74) is 5.25. The summed E-state index contributed by atoms with van der Waals surface area (Å²) >= 11 is 0. The van der Waals surface area contributed by atoms with E-state index >= 15 is 0 Å². The van der Waals surface area contributed by atoms with E-state index in [0.717, 1.165) is 38.6 Å². The van der Waals surface area contributed by atoms with Crippen molar-refractivity contribution in [1.82, 2.24) is 14.8 Å². The van der Waals surface area contributed by atoms with Crippen LogP contribution >= 0.6 is 0 Å². The lowest BCUT2D eigenvalue weighted by molar-refractivity contribution is 0.828. The van der Waals surface area contributed by atoms with Crippen molar-refractivity contribution >= 4 is 34.0 Å². The van der Waals surface area contributed by atoms with Crippen molar-refractivity contribution in [2.24, 2.45) is 0 Å². The lowest BCUT2D eigenvalue weighted by Crippen LogP contribution is -2.23. The molecule has 0 bridgehead atoms.